The third-order valence-electron chi connectivity index (χ3n) is 4.43. The van der Waals surface area contributed by atoms with Gasteiger partial charge in [0.25, 0.3) is 0 Å². The summed E-state index contributed by atoms with van der Waals surface area (Å²) in [7, 11) is -3.53. The van der Waals surface area contributed by atoms with E-state index in [-0.39, 0.29) is 10.3 Å². The van der Waals surface area contributed by atoms with Crippen LogP contribution in [0.4, 0.5) is 0 Å². The van der Waals surface area contributed by atoms with Crippen molar-refractivity contribution in [2.24, 2.45) is 0 Å². The largest absolute Gasteiger partial charge is 0.240 e. The summed E-state index contributed by atoms with van der Waals surface area (Å²) in [5, 5.41) is 7.17. The number of benzene rings is 1. The molecule has 0 atom stereocenters. The highest BCUT2D eigenvalue weighted by Gasteiger charge is 2.17. The molecule has 1 N–H and O–H groups in total. The Morgan fingerprint density at radius 1 is 1.14 bits per heavy atom. The van der Waals surface area contributed by atoms with Gasteiger partial charge in [-0.25, -0.2) is 22.8 Å². The highest BCUT2D eigenvalue weighted by Crippen LogP contribution is 2.23. The van der Waals surface area contributed by atoms with Gasteiger partial charge in [-0.05, 0) is 43.0 Å². The van der Waals surface area contributed by atoms with Crippen LogP contribution in [0.25, 0.3) is 5.13 Å². The Bertz CT molecular complexity index is 1060. The predicted molar refractivity (Wildman–Crippen MR) is 113 cm³/mol. The predicted octanol–water partition coefficient (Wildman–Crippen LogP) is 3.76. The molecule has 150 valence electrons. The number of nitrogens with one attached hydrogen (secondary N) is 1. The van der Waals surface area contributed by atoms with Gasteiger partial charge in [0.1, 0.15) is 0 Å². The zero-order chi connectivity index (χ0) is 20.5. The van der Waals surface area contributed by atoms with Crippen LogP contribution in [-0.4, -0.2) is 29.7 Å². The fourth-order valence-corrected chi connectivity index (χ4v) is 4.76. The summed E-state index contributed by atoms with van der Waals surface area (Å²) >= 11 is 1.50. The fraction of sp³-hybridized carbons (Fsp3) is 0.400. The zero-order valence-electron chi connectivity index (χ0n) is 16.9. The first kappa shape index (κ1) is 20.7. The lowest BCUT2D eigenvalue weighted by Crippen LogP contribution is -2.26. The molecule has 0 unspecified atom stereocenters. The van der Waals surface area contributed by atoms with Crippen molar-refractivity contribution in [3.63, 3.8) is 0 Å². The minimum atomic E-state index is -3.53. The van der Waals surface area contributed by atoms with Gasteiger partial charge >= 0.3 is 0 Å². The molecule has 2 aromatic heterocycles. The molecule has 0 saturated heterocycles. The van der Waals surface area contributed by atoms with Crippen molar-refractivity contribution in [3.05, 3.63) is 58.4 Å². The molecule has 0 aliphatic carbocycles. The molecule has 0 bridgehead atoms. The second kappa shape index (κ2) is 7.77. The van der Waals surface area contributed by atoms with E-state index in [1.165, 1.54) is 11.3 Å². The zero-order valence-corrected chi connectivity index (χ0v) is 18.5. The third kappa shape index (κ3) is 4.68. The number of hydrogen-bond acceptors (Lipinski definition) is 5. The lowest BCUT2D eigenvalue weighted by molar-refractivity contribution is 0.578. The summed E-state index contributed by atoms with van der Waals surface area (Å²) in [6, 6.07) is 9.06. The van der Waals surface area contributed by atoms with E-state index in [4.69, 9.17) is 0 Å². The molecule has 3 rings (SSSR count). The number of sulfonamides is 1. The number of rotatable bonds is 6. The van der Waals surface area contributed by atoms with Crippen LogP contribution >= 0.6 is 11.3 Å². The van der Waals surface area contributed by atoms with Crippen LogP contribution in [0.1, 0.15) is 43.4 Å². The SMILES string of the molecule is Cc1cc(C)n(-c2nc(CCNS(=O)(=O)c3ccc(C(C)(C)C)cc3)cs2)n1. The molecular formula is C20H26N4O2S2. The Morgan fingerprint density at radius 2 is 1.82 bits per heavy atom. The lowest BCUT2D eigenvalue weighted by Gasteiger charge is -2.19. The van der Waals surface area contributed by atoms with Gasteiger partial charge in [-0.2, -0.15) is 5.10 Å². The molecule has 0 fully saturated rings. The summed E-state index contributed by atoms with van der Waals surface area (Å²) in [6.07, 6.45) is 0.523. The van der Waals surface area contributed by atoms with Crippen LogP contribution in [0.3, 0.4) is 0 Å². The van der Waals surface area contributed by atoms with Crippen molar-refractivity contribution >= 4 is 21.4 Å². The number of hydrogen-bond donors (Lipinski definition) is 1. The van der Waals surface area contributed by atoms with Gasteiger partial charge in [0.15, 0.2) is 0 Å². The van der Waals surface area contributed by atoms with Crippen LogP contribution in [-0.2, 0) is 21.9 Å². The normalized spacial score (nSPS) is 12.5. The lowest BCUT2D eigenvalue weighted by atomic mass is 9.87. The summed E-state index contributed by atoms with van der Waals surface area (Å²) in [4.78, 5) is 4.85. The van der Waals surface area contributed by atoms with E-state index in [1.54, 1.807) is 12.1 Å². The molecular weight excluding hydrogens is 392 g/mol. The molecule has 28 heavy (non-hydrogen) atoms. The molecule has 0 aliphatic heterocycles. The molecule has 0 amide bonds. The van der Waals surface area contributed by atoms with Gasteiger partial charge in [-0.15, -0.1) is 11.3 Å². The number of aromatic nitrogens is 3. The molecule has 1 aromatic carbocycles. The average molecular weight is 419 g/mol. The van der Waals surface area contributed by atoms with Crippen LogP contribution in [0.2, 0.25) is 0 Å². The maximum Gasteiger partial charge on any atom is 0.240 e. The molecule has 0 radical (unpaired) electrons. The van der Waals surface area contributed by atoms with Crippen molar-refractivity contribution in [1.82, 2.24) is 19.5 Å². The second-order valence-corrected chi connectivity index (χ2v) is 10.5. The summed E-state index contributed by atoms with van der Waals surface area (Å²) < 4.78 is 29.5. The maximum absolute atomic E-state index is 12.5. The van der Waals surface area contributed by atoms with E-state index < -0.39 is 10.0 Å². The summed E-state index contributed by atoms with van der Waals surface area (Å²) in [5.41, 5.74) is 3.91. The van der Waals surface area contributed by atoms with E-state index in [0.717, 1.165) is 27.8 Å². The summed E-state index contributed by atoms with van der Waals surface area (Å²) in [6.45, 7) is 10.5. The van der Waals surface area contributed by atoms with Gasteiger partial charge in [-0.1, -0.05) is 32.9 Å². The Morgan fingerprint density at radius 3 is 2.39 bits per heavy atom. The molecule has 0 saturated carbocycles. The topological polar surface area (TPSA) is 76.9 Å². The smallest absolute Gasteiger partial charge is 0.223 e. The second-order valence-electron chi connectivity index (χ2n) is 7.88. The van der Waals surface area contributed by atoms with Crippen LogP contribution < -0.4 is 4.72 Å². The van der Waals surface area contributed by atoms with E-state index in [1.807, 2.05) is 42.1 Å². The van der Waals surface area contributed by atoms with E-state index in [2.05, 4.69) is 35.6 Å². The molecule has 8 heteroatoms. The molecule has 0 spiro atoms. The van der Waals surface area contributed by atoms with Crippen LogP contribution in [0, 0.1) is 13.8 Å². The molecule has 3 aromatic rings. The Hall–Kier alpha value is -2.03. The quantitative estimate of drug-likeness (QED) is 0.661. The summed E-state index contributed by atoms with van der Waals surface area (Å²) in [5.74, 6) is 0. The van der Waals surface area contributed by atoms with E-state index in [9.17, 15) is 8.42 Å². The third-order valence-corrected chi connectivity index (χ3v) is 6.78. The minimum absolute atomic E-state index is 0.0104. The number of thiazole rings is 1. The van der Waals surface area contributed by atoms with Gasteiger partial charge in [0.05, 0.1) is 16.3 Å². The molecule has 2 heterocycles. The van der Waals surface area contributed by atoms with E-state index in [0.29, 0.717) is 13.0 Å². The van der Waals surface area contributed by atoms with Crippen molar-refractivity contribution in [2.45, 2.75) is 51.3 Å². The molecule has 0 aliphatic rings. The first-order valence-electron chi connectivity index (χ1n) is 9.14. The highest BCUT2D eigenvalue weighted by molar-refractivity contribution is 7.89. The monoisotopic (exact) mass is 418 g/mol. The molecule has 6 nitrogen and oxygen atoms in total. The van der Waals surface area contributed by atoms with Crippen molar-refractivity contribution in [2.75, 3.05) is 6.54 Å². The van der Waals surface area contributed by atoms with Crippen molar-refractivity contribution in [3.8, 4) is 5.13 Å². The van der Waals surface area contributed by atoms with Gasteiger partial charge in [0, 0.05) is 24.0 Å². The standard InChI is InChI=1S/C20H26N4O2S2/c1-14-12-15(2)24(23-14)19-22-17(13-27-19)10-11-21-28(25,26)18-8-6-16(7-9-18)20(3,4)5/h6-9,12-13,21H,10-11H2,1-5H3. The highest BCUT2D eigenvalue weighted by atomic mass is 32.2. The average Bonchev–Trinajstić information content (AvgIpc) is 3.20. The van der Waals surface area contributed by atoms with Gasteiger partial charge < -0.3 is 0 Å². The van der Waals surface area contributed by atoms with Crippen LogP contribution in [0.5, 0.6) is 0 Å². The minimum Gasteiger partial charge on any atom is -0.223 e. The van der Waals surface area contributed by atoms with Gasteiger partial charge in [0.2, 0.25) is 15.2 Å². The Balaban J connectivity index is 1.62. The Labute approximate surface area is 170 Å². The van der Waals surface area contributed by atoms with E-state index >= 15 is 0 Å². The van der Waals surface area contributed by atoms with Gasteiger partial charge in [-0.3, -0.25) is 0 Å². The fourth-order valence-electron chi connectivity index (χ4n) is 2.86. The van der Waals surface area contributed by atoms with Crippen LogP contribution in [0.15, 0.2) is 40.6 Å². The number of aryl methyl sites for hydroxylation is 2. The van der Waals surface area contributed by atoms with Crippen molar-refractivity contribution < 1.29 is 8.42 Å². The van der Waals surface area contributed by atoms with Crippen molar-refractivity contribution in [1.29, 1.82) is 0 Å². The maximum atomic E-state index is 12.5. The first-order valence-corrected chi connectivity index (χ1v) is 11.5. The Kier molecular flexibility index (Phi) is 5.74. The first-order chi connectivity index (χ1) is 13.1. The number of nitrogens with zero attached hydrogens (tertiary/aromatic N) is 3.